The van der Waals surface area contributed by atoms with Crippen LogP contribution < -0.4 is 0 Å². The van der Waals surface area contributed by atoms with E-state index in [1.807, 2.05) is 6.07 Å². The maximum Gasteiger partial charge on any atom is 0.131 e. The molecule has 2 nitrogen and oxygen atoms in total. The average Bonchev–Trinajstić information content (AvgIpc) is 2.14. The van der Waals surface area contributed by atoms with E-state index in [4.69, 9.17) is 5.26 Å². The molecule has 0 saturated heterocycles. The highest BCUT2D eigenvalue weighted by Crippen LogP contribution is 2.19. The molecule has 3 heteroatoms. The molecule has 0 radical (unpaired) electrons. The van der Waals surface area contributed by atoms with Gasteiger partial charge in [-0.2, -0.15) is 5.26 Å². The Morgan fingerprint density at radius 2 is 2.36 bits per heavy atom. The van der Waals surface area contributed by atoms with Gasteiger partial charge in [0, 0.05) is 6.42 Å². The van der Waals surface area contributed by atoms with Crippen LogP contribution in [0.5, 0.6) is 0 Å². The molecule has 0 aliphatic heterocycles. The number of benzene rings is 1. The number of nitrogens with zero attached hydrogens (tertiary/aromatic N) is 1. The van der Waals surface area contributed by atoms with E-state index in [0.29, 0.717) is 5.56 Å². The summed E-state index contributed by atoms with van der Waals surface area (Å²) in [7, 11) is 0. The highest BCUT2D eigenvalue weighted by atomic mass is 19.1. The van der Waals surface area contributed by atoms with E-state index in [1.54, 1.807) is 6.07 Å². The number of Topliss-reactive ketones (excluding diaryl/α,β-unsaturated/α-hetero) is 1. The fourth-order valence-electron chi connectivity index (χ4n) is 1.25. The molecule has 0 fully saturated rings. The van der Waals surface area contributed by atoms with Gasteiger partial charge in [-0.15, -0.1) is 0 Å². The summed E-state index contributed by atoms with van der Waals surface area (Å²) in [4.78, 5) is 10.8. The van der Waals surface area contributed by atoms with E-state index in [2.05, 4.69) is 0 Å². The molecule has 0 N–H and O–H groups in total. The number of rotatable bonds is 3. The summed E-state index contributed by atoms with van der Waals surface area (Å²) in [6, 6.07) is 7.78. The van der Waals surface area contributed by atoms with Crippen LogP contribution in [0.15, 0.2) is 24.3 Å². The molecule has 1 rings (SSSR count). The lowest BCUT2D eigenvalue weighted by atomic mass is 9.95. The predicted octanol–water partition coefficient (Wildman–Crippen LogP) is 2.41. The van der Waals surface area contributed by atoms with Gasteiger partial charge in [-0.1, -0.05) is 12.1 Å². The van der Waals surface area contributed by atoms with Gasteiger partial charge in [0.15, 0.2) is 0 Å². The summed E-state index contributed by atoms with van der Waals surface area (Å²) in [5, 5.41) is 8.79. The smallest absolute Gasteiger partial charge is 0.131 e. The summed E-state index contributed by atoms with van der Waals surface area (Å²) >= 11 is 0. The summed E-state index contributed by atoms with van der Waals surface area (Å²) in [5.74, 6) is -0.990. The third-order valence-electron chi connectivity index (χ3n) is 1.90. The van der Waals surface area contributed by atoms with Crippen molar-refractivity contribution in [2.75, 3.05) is 0 Å². The number of ketones is 1. The Kier molecular flexibility index (Phi) is 3.35. The first-order chi connectivity index (χ1) is 6.63. The second-order valence-corrected chi connectivity index (χ2v) is 3.14. The standard InChI is InChI=1S/C11H10FNO/c1-8(14)5-10(7-13)9-3-2-4-11(12)6-9/h2-4,6,10H,5H2,1H3. The minimum absolute atomic E-state index is 0.0687. The van der Waals surface area contributed by atoms with Gasteiger partial charge < -0.3 is 0 Å². The van der Waals surface area contributed by atoms with Crippen molar-refractivity contribution in [2.24, 2.45) is 0 Å². The van der Waals surface area contributed by atoms with Gasteiger partial charge >= 0.3 is 0 Å². The Balaban J connectivity index is 2.90. The SMILES string of the molecule is CC(=O)CC(C#N)c1cccc(F)c1. The Labute approximate surface area is 82.0 Å². The second-order valence-electron chi connectivity index (χ2n) is 3.14. The summed E-state index contributed by atoms with van der Waals surface area (Å²) in [6.07, 6.45) is 0.139. The Bertz CT molecular complexity index is 381. The van der Waals surface area contributed by atoms with Crippen LogP contribution in [0.3, 0.4) is 0 Å². The first-order valence-electron chi connectivity index (χ1n) is 4.28. The average molecular weight is 191 g/mol. The molecule has 0 saturated carbocycles. The van der Waals surface area contributed by atoms with E-state index in [0.717, 1.165) is 0 Å². The molecule has 0 bridgehead atoms. The van der Waals surface area contributed by atoms with E-state index < -0.39 is 5.92 Å². The maximum atomic E-state index is 12.8. The minimum atomic E-state index is -0.539. The van der Waals surface area contributed by atoms with E-state index >= 15 is 0 Å². The molecule has 1 atom stereocenters. The molecule has 0 heterocycles. The molecule has 0 amide bonds. The number of carbonyl (C=O) groups is 1. The van der Waals surface area contributed by atoms with Crippen molar-refractivity contribution in [3.05, 3.63) is 35.6 Å². The van der Waals surface area contributed by atoms with Crippen molar-refractivity contribution >= 4 is 5.78 Å². The van der Waals surface area contributed by atoms with Crippen LogP contribution in [-0.2, 0) is 4.79 Å². The molecule has 14 heavy (non-hydrogen) atoms. The second kappa shape index (κ2) is 4.52. The van der Waals surface area contributed by atoms with Crippen LogP contribution in [0, 0.1) is 17.1 Å². The molecule has 72 valence electrons. The lowest BCUT2D eigenvalue weighted by Gasteiger charge is -2.06. The van der Waals surface area contributed by atoms with Crippen LogP contribution in [0.2, 0.25) is 0 Å². The van der Waals surface area contributed by atoms with Gasteiger partial charge in [0.05, 0.1) is 12.0 Å². The molecule has 0 spiro atoms. The van der Waals surface area contributed by atoms with Crippen molar-refractivity contribution in [1.82, 2.24) is 0 Å². The summed E-state index contributed by atoms with van der Waals surface area (Å²) in [5.41, 5.74) is 0.558. The molecule has 1 aromatic rings. The highest BCUT2D eigenvalue weighted by Gasteiger charge is 2.13. The van der Waals surface area contributed by atoms with Crippen molar-refractivity contribution in [2.45, 2.75) is 19.3 Å². The number of hydrogen-bond acceptors (Lipinski definition) is 2. The summed E-state index contributed by atoms with van der Waals surface area (Å²) in [6.45, 7) is 1.42. The fourth-order valence-corrected chi connectivity index (χ4v) is 1.25. The van der Waals surface area contributed by atoms with E-state index in [-0.39, 0.29) is 18.0 Å². The quantitative estimate of drug-likeness (QED) is 0.736. The van der Waals surface area contributed by atoms with Crippen LogP contribution in [-0.4, -0.2) is 5.78 Å². The van der Waals surface area contributed by atoms with Crippen molar-refractivity contribution in [1.29, 1.82) is 5.26 Å². The van der Waals surface area contributed by atoms with Gasteiger partial charge in [-0.05, 0) is 24.6 Å². The highest BCUT2D eigenvalue weighted by molar-refractivity contribution is 5.76. The Hall–Kier alpha value is -1.69. The number of hydrogen-bond donors (Lipinski definition) is 0. The molecule has 1 aromatic carbocycles. The zero-order valence-corrected chi connectivity index (χ0v) is 7.83. The first-order valence-corrected chi connectivity index (χ1v) is 4.28. The molecule has 0 aliphatic rings. The van der Waals surface area contributed by atoms with Gasteiger partial charge in [-0.3, -0.25) is 4.79 Å². The monoisotopic (exact) mass is 191 g/mol. The fraction of sp³-hybridized carbons (Fsp3) is 0.273. The van der Waals surface area contributed by atoms with Crippen LogP contribution in [0.25, 0.3) is 0 Å². The number of carbonyl (C=O) groups excluding carboxylic acids is 1. The third-order valence-corrected chi connectivity index (χ3v) is 1.90. The zero-order valence-electron chi connectivity index (χ0n) is 7.83. The Morgan fingerprint density at radius 3 is 2.86 bits per heavy atom. The van der Waals surface area contributed by atoms with Crippen LogP contribution in [0.4, 0.5) is 4.39 Å². The van der Waals surface area contributed by atoms with Crippen molar-refractivity contribution in [3.63, 3.8) is 0 Å². The van der Waals surface area contributed by atoms with E-state index in [9.17, 15) is 9.18 Å². The van der Waals surface area contributed by atoms with E-state index in [1.165, 1.54) is 25.1 Å². The van der Waals surface area contributed by atoms with Gasteiger partial charge in [0.25, 0.3) is 0 Å². The maximum absolute atomic E-state index is 12.8. The first kappa shape index (κ1) is 10.4. The number of halogens is 1. The Morgan fingerprint density at radius 1 is 1.64 bits per heavy atom. The predicted molar refractivity (Wildman–Crippen MR) is 50.1 cm³/mol. The lowest BCUT2D eigenvalue weighted by Crippen LogP contribution is -2.02. The van der Waals surface area contributed by atoms with Gasteiger partial charge in [-0.25, -0.2) is 4.39 Å². The third kappa shape index (κ3) is 2.67. The number of nitriles is 1. The van der Waals surface area contributed by atoms with Gasteiger partial charge in [0.2, 0.25) is 0 Å². The topological polar surface area (TPSA) is 40.9 Å². The van der Waals surface area contributed by atoms with Crippen molar-refractivity contribution in [3.8, 4) is 6.07 Å². The van der Waals surface area contributed by atoms with Gasteiger partial charge in [0.1, 0.15) is 11.6 Å². The minimum Gasteiger partial charge on any atom is -0.300 e. The lowest BCUT2D eigenvalue weighted by molar-refractivity contribution is -0.117. The largest absolute Gasteiger partial charge is 0.300 e. The zero-order chi connectivity index (χ0) is 10.6. The van der Waals surface area contributed by atoms with Crippen LogP contribution in [0.1, 0.15) is 24.8 Å². The normalized spacial score (nSPS) is 11.8. The molecule has 1 unspecified atom stereocenters. The molecular formula is C11H10FNO. The molecule has 0 aromatic heterocycles. The van der Waals surface area contributed by atoms with Crippen LogP contribution >= 0.6 is 0 Å². The molecule has 0 aliphatic carbocycles. The molecular weight excluding hydrogens is 181 g/mol. The summed E-state index contributed by atoms with van der Waals surface area (Å²) < 4.78 is 12.8. The van der Waals surface area contributed by atoms with Crippen molar-refractivity contribution < 1.29 is 9.18 Å².